The molecule has 2 aromatic carbocycles. The molecule has 2 atom stereocenters. The van der Waals surface area contributed by atoms with Crippen molar-refractivity contribution in [1.29, 1.82) is 0 Å². The largest absolute Gasteiger partial charge is 0.461 e. The first-order chi connectivity index (χ1) is 19.0. The summed E-state index contributed by atoms with van der Waals surface area (Å²) in [6.45, 7) is 1.38. The number of benzene rings is 2. The quantitative estimate of drug-likeness (QED) is 0.161. The van der Waals surface area contributed by atoms with E-state index < -0.39 is 11.9 Å². The van der Waals surface area contributed by atoms with E-state index >= 15 is 0 Å². The number of ether oxygens (including phenoxy) is 2. The average Bonchev–Trinajstić information content (AvgIpc) is 3.63. The third-order valence-electron chi connectivity index (χ3n) is 7.14. The number of carbonyl (C=O) groups excluding carboxylic acids is 2. The lowest BCUT2D eigenvalue weighted by molar-refractivity contribution is -0.151. The third-order valence-corrected chi connectivity index (χ3v) is 8.24. The smallest absolute Gasteiger partial charge is 0.323 e. The fourth-order valence-electron chi connectivity index (χ4n) is 4.90. The molecule has 2 aliphatic carbocycles. The number of hydrogen-bond acceptors (Lipinski definition) is 8. The predicted octanol–water partition coefficient (Wildman–Crippen LogP) is 4.96. The van der Waals surface area contributed by atoms with Gasteiger partial charge in [0.1, 0.15) is 23.7 Å². The van der Waals surface area contributed by atoms with Gasteiger partial charge in [0.25, 0.3) is 5.91 Å². The number of carbonyl (C=O) groups is 2. The number of nitrogens with two attached hydrogens (primary N) is 1. The van der Waals surface area contributed by atoms with Gasteiger partial charge in [0, 0.05) is 23.7 Å². The fourth-order valence-corrected chi connectivity index (χ4v) is 5.91. The van der Waals surface area contributed by atoms with E-state index in [1.54, 1.807) is 11.5 Å². The minimum Gasteiger partial charge on any atom is -0.461 e. The second-order valence-corrected chi connectivity index (χ2v) is 11.1. The third kappa shape index (κ3) is 6.93. The molecule has 1 amide bonds. The van der Waals surface area contributed by atoms with Crippen LogP contribution < -0.4 is 21.3 Å². The Balaban J connectivity index is 1.07. The van der Waals surface area contributed by atoms with Gasteiger partial charge in [0.05, 0.1) is 4.88 Å². The molecule has 1 aromatic heterocycles. The van der Waals surface area contributed by atoms with Gasteiger partial charge in [-0.1, -0.05) is 30.3 Å². The molecule has 0 saturated heterocycles. The van der Waals surface area contributed by atoms with Gasteiger partial charge in [0.15, 0.2) is 0 Å². The average molecular weight is 548 g/mol. The van der Waals surface area contributed by atoms with Crippen LogP contribution in [0.5, 0.6) is 5.75 Å². The van der Waals surface area contributed by atoms with Crippen molar-refractivity contribution in [3.63, 3.8) is 0 Å². The van der Waals surface area contributed by atoms with Crippen LogP contribution in [0.3, 0.4) is 0 Å². The van der Waals surface area contributed by atoms with Gasteiger partial charge in [-0.25, -0.2) is 5.48 Å². The first-order valence-electron chi connectivity index (χ1n) is 13.3. The monoisotopic (exact) mass is 547 g/mol. The highest BCUT2D eigenvalue weighted by molar-refractivity contribution is 7.20. The van der Waals surface area contributed by atoms with E-state index in [1.807, 2.05) is 54.6 Å². The Labute approximate surface area is 231 Å². The summed E-state index contributed by atoms with van der Waals surface area (Å²) < 4.78 is 12.6. The SMILES string of the molecule is N[C@H](C(=O)OC1CCCC1)C1C=CC(Oc2ccc(CNCc3ccc4cc(C(=O)NO)sc4c3)cc2)=CC1. The van der Waals surface area contributed by atoms with E-state index in [-0.39, 0.29) is 18.0 Å². The molecule has 5 rings (SSSR count). The number of hydrogen-bond donors (Lipinski definition) is 4. The standard InChI is InChI=1S/C30H33N3O5S/c31-28(30(35)38-23-3-1-2-4-23)21-9-13-25(14-10-21)37-24-11-6-19(7-12-24)17-32-18-20-5-8-22-16-27(29(34)33-36)39-26(22)15-20/h5-9,11-16,21,23,28,32,36H,1-4,10,17-18,31H2,(H,33,34)/t21?,28-/m0/s1. The molecule has 1 saturated carbocycles. The molecule has 3 aromatic rings. The number of fused-ring (bicyclic) bond motifs is 1. The summed E-state index contributed by atoms with van der Waals surface area (Å²) >= 11 is 1.35. The Morgan fingerprint density at radius 2 is 1.79 bits per heavy atom. The molecule has 0 aliphatic heterocycles. The molecule has 1 unspecified atom stereocenters. The zero-order chi connectivity index (χ0) is 27.2. The number of rotatable bonds is 10. The molecule has 39 heavy (non-hydrogen) atoms. The van der Waals surface area contributed by atoms with Crippen molar-refractivity contribution in [2.45, 2.75) is 57.3 Å². The Morgan fingerprint density at radius 3 is 2.51 bits per heavy atom. The van der Waals surface area contributed by atoms with E-state index in [0.717, 1.165) is 58.4 Å². The first-order valence-corrected chi connectivity index (χ1v) is 14.1. The highest BCUT2D eigenvalue weighted by atomic mass is 32.1. The molecular weight excluding hydrogens is 514 g/mol. The summed E-state index contributed by atoms with van der Waals surface area (Å²) in [5.74, 6) is 0.568. The number of allylic oxidation sites excluding steroid dienone is 2. The van der Waals surface area contributed by atoms with Crippen molar-refractivity contribution in [2.24, 2.45) is 11.7 Å². The van der Waals surface area contributed by atoms with E-state index in [4.69, 9.17) is 20.4 Å². The maximum atomic E-state index is 12.4. The van der Waals surface area contributed by atoms with Crippen LogP contribution in [0.15, 0.2) is 72.5 Å². The van der Waals surface area contributed by atoms with Gasteiger partial charge in [-0.15, -0.1) is 11.3 Å². The van der Waals surface area contributed by atoms with Crippen molar-refractivity contribution in [1.82, 2.24) is 10.8 Å². The summed E-state index contributed by atoms with van der Waals surface area (Å²) in [5.41, 5.74) is 10.1. The molecule has 0 spiro atoms. The topological polar surface area (TPSA) is 123 Å². The summed E-state index contributed by atoms with van der Waals surface area (Å²) in [7, 11) is 0. The number of amides is 1. The van der Waals surface area contributed by atoms with Crippen molar-refractivity contribution in [3.05, 3.63) is 88.5 Å². The van der Waals surface area contributed by atoms with Crippen LogP contribution in [0.1, 0.15) is 52.9 Å². The summed E-state index contributed by atoms with van der Waals surface area (Å²) in [6, 6.07) is 15.1. The summed E-state index contributed by atoms with van der Waals surface area (Å²) in [6.07, 6.45) is 10.5. The van der Waals surface area contributed by atoms with Crippen LogP contribution in [0, 0.1) is 5.92 Å². The number of thiophene rings is 1. The Bertz CT molecular complexity index is 1380. The van der Waals surface area contributed by atoms with E-state index in [0.29, 0.717) is 24.4 Å². The normalized spacial score (nSPS) is 18.1. The summed E-state index contributed by atoms with van der Waals surface area (Å²) in [5, 5.41) is 13.3. The highest BCUT2D eigenvalue weighted by Gasteiger charge is 2.28. The lowest BCUT2D eigenvalue weighted by atomic mass is 9.92. The zero-order valence-electron chi connectivity index (χ0n) is 21.6. The van der Waals surface area contributed by atoms with Crippen molar-refractivity contribution in [2.75, 3.05) is 0 Å². The first kappa shape index (κ1) is 27.1. The van der Waals surface area contributed by atoms with Crippen LogP contribution in [0.2, 0.25) is 0 Å². The van der Waals surface area contributed by atoms with E-state index in [1.165, 1.54) is 11.3 Å². The van der Waals surface area contributed by atoms with Crippen LogP contribution in [-0.2, 0) is 22.6 Å². The minimum absolute atomic E-state index is 0.0247. The molecule has 0 radical (unpaired) electrons. The molecule has 0 bridgehead atoms. The van der Waals surface area contributed by atoms with Gasteiger partial charge in [-0.3, -0.25) is 14.8 Å². The van der Waals surface area contributed by atoms with Crippen LogP contribution in [0.4, 0.5) is 0 Å². The molecular formula is C30H33N3O5S. The zero-order valence-corrected chi connectivity index (χ0v) is 22.4. The highest BCUT2D eigenvalue weighted by Crippen LogP contribution is 2.27. The van der Waals surface area contributed by atoms with Crippen LogP contribution >= 0.6 is 11.3 Å². The maximum absolute atomic E-state index is 12.4. The molecule has 2 aliphatic rings. The maximum Gasteiger partial charge on any atom is 0.323 e. The second-order valence-electron chi connectivity index (χ2n) is 10.0. The van der Waals surface area contributed by atoms with Gasteiger partial charge >= 0.3 is 5.97 Å². The second kappa shape index (κ2) is 12.6. The fraction of sp³-hybridized carbons (Fsp3) is 0.333. The molecule has 1 heterocycles. The molecule has 8 nitrogen and oxygen atoms in total. The lowest BCUT2D eigenvalue weighted by Gasteiger charge is -2.23. The lowest BCUT2D eigenvalue weighted by Crippen LogP contribution is -2.40. The predicted molar refractivity (Wildman–Crippen MR) is 150 cm³/mol. The van der Waals surface area contributed by atoms with E-state index in [9.17, 15) is 9.59 Å². The van der Waals surface area contributed by atoms with Gasteiger partial charge < -0.3 is 20.5 Å². The molecule has 204 valence electrons. The van der Waals surface area contributed by atoms with Gasteiger partial charge in [0.2, 0.25) is 0 Å². The number of esters is 1. The molecule has 1 fully saturated rings. The van der Waals surface area contributed by atoms with Crippen LogP contribution in [-0.4, -0.2) is 29.2 Å². The minimum atomic E-state index is -0.663. The van der Waals surface area contributed by atoms with Crippen molar-refractivity contribution >= 4 is 33.3 Å². The van der Waals surface area contributed by atoms with Gasteiger partial charge in [-0.2, -0.15) is 0 Å². The van der Waals surface area contributed by atoms with Crippen molar-refractivity contribution in [3.8, 4) is 5.75 Å². The molecule has 9 heteroatoms. The number of hydroxylamine groups is 1. The molecule has 5 N–H and O–H groups in total. The Kier molecular flexibility index (Phi) is 8.73. The Hall–Kier alpha value is -3.50. The Morgan fingerprint density at radius 1 is 1.05 bits per heavy atom. The van der Waals surface area contributed by atoms with Crippen LogP contribution in [0.25, 0.3) is 10.1 Å². The summed E-state index contributed by atoms with van der Waals surface area (Å²) in [4.78, 5) is 24.5. The van der Waals surface area contributed by atoms with Gasteiger partial charge in [-0.05, 0) is 85.0 Å². The number of nitrogens with one attached hydrogen (secondary N) is 2. The van der Waals surface area contributed by atoms with Crippen molar-refractivity contribution < 1.29 is 24.3 Å². The van der Waals surface area contributed by atoms with E-state index in [2.05, 4.69) is 11.4 Å².